The van der Waals surface area contributed by atoms with Crippen LogP contribution < -0.4 is 5.32 Å². The minimum absolute atomic E-state index is 0.205. The Morgan fingerprint density at radius 3 is 2.06 bits per heavy atom. The Balaban J connectivity index is 1.42. The maximum absolute atomic E-state index is 13.4. The van der Waals surface area contributed by atoms with Gasteiger partial charge >= 0.3 is 18.2 Å². The maximum Gasteiger partial charge on any atom is 0.417 e. The maximum atomic E-state index is 13.4. The monoisotopic (exact) mass is 448 g/mol. The molecule has 1 atom stereocenters. The lowest BCUT2D eigenvalue weighted by Crippen LogP contribution is -2.62. The van der Waals surface area contributed by atoms with Gasteiger partial charge in [-0.1, -0.05) is 48.5 Å². The van der Waals surface area contributed by atoms with Gasteiger partial charge in [0.25, 0.3) is 5.91 Å². The van der Waals surface area contributed by atoms with Crippen LogP contribution in [0.2, 0.25) is 0 Å². The van der Waals surface area contributed by atoms with Gasteiger partial charge in [0.1, 0.15) is 6.61 Å². The third-order valence-corrected chi connectivity index (χ3v) is 5.72. The predicted octanol–water partition coefficient (Wildman–Crippen LogP) is 3.00. The lowest BCUT2D eigenvalue weighted by atomic mass is 9.98. The van der Waals surface area contributed by atoms with Crippen LogP contribution in [-0.4, -0.2) is 59.9 Å². The van der Waals surface area contributed by atoms with E-state index in [0.717, 1.165) is 27.2 Å². The lowest BCUT2D eigenvalue weighted by molar-refractivity contribution is -0.179. The van der Waals surface area contributed by atoms with Crippen molar-refractivity contribution < 1.29 is 37.4 Å². The van der Waals surface area contributed by atoms with Crippen molar-refractivity contribution in [3.05, 3.63) is 59.7 Å². The van der Waals surface area contributed by atoms with Crippen molar-refractivity contribution in [2.24, 2.45) is 5.92 Å². The molecule has 1 unspecified atom stereocenters. The second-order valence-electron chi connectivity index (χ2n) is 7.72. The lowest BCUT2D eigenvalue weighted by Gasteiger charge is -2.39. The molecule has 2 aromatic rings. The summed E-state index contributed by atoms with van der Waals surface area (Å²) in [6.45, 7) is -0.885. The van der Waals surface area contributed by atoms with Gasteiger partial charge in [0, 0.05) is 19.0 Å². The van der Waals surface area contributed by atoms with Crippen molar-refractivity contribution in [1.82, 2.24) is 10.2 Å². The number of alkyl halides is 3. The van der Waals surface area contributed by atoms with Crippen molar-refractivity contribution in [2.75, 3.05) is 19.7 Å². The second kappa shape index (κ2) is 8.18. The van der Waals surface area contributed by atoms with E-state index >= 15 is 0 Å². The van der Waals surface area contributed by atoms with E-state index in [2.05, 4.69) is 0 Å². The van der Waals surface area contributed by atoms with E-state index in [-0.39, 0.29) is 25.6 Å². The van der Waals surface area contributed by atoms with Gasteiger partial charge in [-0.05, 0) is 22.3 Å². The van der Waals surface area contributed by atoms with Crippen molar-refractivity contribution in [3.63, 3.8) is 0 Å². The number of benzene rings is 2. The van der Waals surface area contributed by atoms with Gasteiger partial charge in [-0.2, -0.15) is 13.2 Å². The van der Waals surface area contributed by atoms with Crippen molar-refractivity contribution in [3.8, 4) is 11.1 Å². The molecule has 1 fully saturated rings. The Morgan fingerprint density at radius 2 is 1.56 bits per heavy atom. The number of nitrogens with zero attached hydrogens (tertiary/aromatic N) is 1. The summed E-state index contributed by atoms with van der Waals surface area (Å²) in [6, 6.07) is 12.2. The molecule has 2 aromatic carbocycles. The zero-order valence-electron chi connectivity index (χ0n) is 16.6. The molecule has 0 saturated carbocycles. The topological polar surface area (TPSA) is 95.9 Å². The molecule has 0 bridgehead atoms. The molecule has 1 heterocycles. The van der Waals surface area contributed by atoms with Crippen LogP contribution >= 0.6 is 0 Å². The van der Waals surface area contributed by atoms with Crippen molar-refractivity contribution in [2.45, 2.75) is 18.1 Å². The first-order valence-electron chi connectivity index (χ1n) is 9.86. The minimum atomic E-state index is -5.06. The number of amides is 2. The summed E-state index contributed by atoms with van der Waals surface area (Å²) in [5, 5.41) is 10.4. The number of hydrogen-bond acceptors (Lipinski definition) is 4. The molecule has 1 aliphatic carbocycles. The van der Waals surface area contributed by atoms with Crippen molar-refractivity contribution in [1.29, 1.82) is 0 Å². The number of carbonyl (C=O) groups is 3. The molecule has 2 N–H and O–H groups in total. The molecule has 0 radical (unpaired) electrons. The molecule has 0 spiro atoms. The fraction of sp³-hybridized carbons (Fsp3) is 0.318. The smallest absolute Gasteiger partial charge is 0.417 e. The number of fused-ring (bicyclic) bond motifs is 3. The van der Waals surface area contributed by atoms with E-state index in [1.807, 2.05) is 48.5 Å². The molecule has 1 aliphatic heterocycles. The van der Waals surface area contributed by atoms with Crippen LogP contribution in [-0.2, 0) is 14.3 Å². The highest BCUT2D eigenvalue weighted by molar-refractivity contribution is 5.88. The summed E-state index contributed by atoms with van der Waals surface area (Å²) in [6.07, 6.45) is -6.44. The van der Waals surface area contributed by atoms with E-state index in [4.69, 9.17) is 9.84 Å². The Morgan fingerprint density at radius 1 is 1.03 bits per heavy atom. The molecular weight excluding hydrogens is 429 g/mol. The predicted molar refractivity (Wildman–Crippen MR) is 106 cm³/mol. The SMILES string of the molecule is O=C(NC(C(=O)N1CC(C(=O)O)C1)C(F)(F)F)OCC1c2ccccc2-c2ccccc21. The molecule has 4 rings (SSSR count). The highest BCUT2D eigenvalue weighted by Gasteiger charge is 2.50. The van der Waals surface area contributed by atoms with Crippen molar-refractivity contribution >= 4 is 18.0 Å². The van der Waals surface area contributed by atoms with Crippen LogP contribution in [0.15, 0.2) is 48.5 Å². The molecule has 2 amide bonds. The van der Waals surface area contributed by atoms with E-state index in [0.29, 0.717) is 0 Å². The Labute approximate surface area is 180 Å². The van der Waals surface area contributed by atoms with Gasteiger partial charge in [0.15, 0.2) is 0 Å². The Kier molecular flexibility index (Phi) is 5.53. The number of carbonyl (C=O) groups excluding carboxylic acids is 2. The average molecular weight is 448 g/mol. The van der Waals surface area contributed by atoms with Gasteiger partial charge < -0.3 is 20.1 Å². The van der Waals surface area contributed by atoms with Gasteiger partial charge in [0.2, 0.25) is 6.04 Å². The number of carboxylic acids is 1. The highest BCUT2D eigenvalue weighted by Crippen LogP contribution is 2.44. The summed E-state index contributed by atoms with van der Waals surface area (Å²) in [5.74, 6) is -3.87. The molecular formula is C22H19F3N2O5. The first kappa shape index (κ1) is 21.7. The van der Waals surface area contributed by atoms with Gasteiger partial charge in [-0.15, -0.1) is 0 Å². The third kappa shape index (κ3) is 4.00. The van der Waals surface area contributed by atoms with E-state index < -0.39 is 36.1 Å². The Hall–Kier alpha value is -3.56. The first-order valence-corrected chi connectivity index (χ1v) is 9.86. The normalized spacial score (nSPS) is 16.5. The fourth-order valence-electron chi connectivity index (χ4n) is 4.04. The number of alkyl carbamates (subject to hydrolysis) is 1. The van der Waals surface area contributed by atoms with Crippen LogP contribution in [0.5, 0.6) is 0 Å². The second-order valence-corrected chi connectivity index (χ2v) is 7.72. The number of nitrogens with one attached hydrogen (secondary N) is 1. The fourth-order valence-corrected chi connectivity index (χ4v) is 4.04. The standard InChI is InChI=1S/C22H19F3N2O5/c23-22(24,25)18(19(28)27-9-12(10-27)20(29)30)26-21(31)32-11-17-15-7-3-1-5-13(15)14-6-2-4-8-16(14)17/h1-8,12,17-18H,9-11H2,(H,26,31)(H,29,30). The number of rotatable bonds is 5. The largest absolute Gasteiger partial charge is 0.481 e. The number of hydrogen-bond donors (Lipinski definition) is 2. The molecule has 10 heteroatoms. The summed E-state index contributed by atoms with van der Waals surface area (Å²) in [5.41, 5.74) is 3.72. The molecule has 32 heavy (non-hydrogen) atoms. The van der Waals surface area contributed by atoms with Gasteiger partial charge in [-0.25, -0.2) is 4.79 Å². The third-order valence-electron chi connectivity index (χ3n) is 5.72. The summed E-state index contributed by atoms with van der Waals surface area (Å²) >= 11 is 0. The average Bonchev–Trinajstić information content (AvgIpc) is 3.02. The molecule has 1 saturated heterocycles. The Bertz CT molecular complexity index is 1020. The van der Waals surface area contributed by atoms with E-state index in [9.17, 15) is 27.6 Å². The highest BCUT2D eigenvalue weighted by atomic mass is 19.4. The number of aliphatic carboxylic acids is 1. The zero-order valence-corrected chi connectivity index (χ0v) is 16.6. The number of halogens is 3. The van der Waals surface area contributed by atoms with Gasteiger partial charge in [0.05, 0.1) is 5.92 Å². The minimum Gasteiger partial charge on any atom is -0.481 e. The molecule has 7 nitrogen and oxygen atoms in total. The van der Waals surface area contributed by atoms with Crippen LogP contribution in [0.3, 0.4) is 0 Å². The molecule has 2 aliphatic rings. The van der Waals surface area contributed by atoms with Crippen LogP contribution in [0, 0.1) is 5.92 Å². The van der Waals surface area contributed by atoms with E-state index in [1.165, 1.54) is 0 Å². The first-order chi connectivity index (χ1) is 15.2. The quantitative estimate of drug-likeness (QED) is 0.733. The zero-order chi connectivity index (χ0) is 23.0. The van der Waals surface area contributed by atoms with Crippen LogP contribution in [0.25, 0.3) is 11.1 Å². The summed E-state index contributed by atoms with van der Waals surface area (Å²) in [4.78, 5) is 36.0. The van der Waals surface area contributed by atoms with Gasteiger partial charge in [-0.3, -0.25) is 9.59 Å². The molecule has 168 valence electrons. The molecule has 0 aromatic heterocycles. The number of likely N-dealkylation sites (tertiary alicyclic amines) is 1. The summed E-state index contributed by atoms with van der Waals surface area (Å²) in [7, 11) is 0. The summed E-state index contributed by atoms with van der Waals surface area (Å²) < 4.78 is 45.3. The van der Waals surface area contributed by atoms with E-state index in [1.54, 1.807) is 5.32 Å². The van der Waals surface area contributed by atoms with Crippen LogP contribution in [0.4, 0.5) is 18.0 Å². The van der Waals surface area contributed by atoms with Crippen LogP contribution in [0.1, 0.15) is 17.0 Å². The number of carboxylic acid groups (broad SMARTS) is 1. The number of ether oxygens (including phenoxy) is 1.